The fraction of sp³-hybridized carbons (Fsp3) is 0.929. The Morgan fingerprint density at radius 3 is 2.35 bits per heavy atom. The van der Waals surface area contributed by atoms with Gasteiger partial charge in [-0.25, -0.2) is 0 Å². The number of carbonyl (C=O) groups excluding carboxylic acids is 1. The number of hydrogen-bond donors (Lipinski definition) is 1. The maximum atomic E-state index is 12.5. The lowest BCUT2D eigenvalue weighted by Gasteiger charge is -2.32. The van der Waals surface area contributed by atoms with Crippen LogP contribution in [-0.4, -0.2) is 35.6 Å². The van der Waals surface area contributed by atoms with E-state index in [4.69, 9.17) is 0 Å². The molecule has 1 unspecified atom stereocenters. The van der Waals surface area contributed by atoms with Gasteiger partial charge in [-0.3, -0.25) is 4.79 Å². The normalized spacial score (nSPS) is 31.4. The molecule has 2 fully saturated rings. The van der Waals surface area contributed by atoms with E-state index in [0.29, 0.717) is 5.91 Å². The van der Waals surface area contributed by atoms with Crippen LogP contribution in [-0.2, 0) is 4.79 Å². The second-order valence-corrected chi connectivity index (χ2v) is 6.85. The first-order valence-corrected chi connectivity index (χ1v) is 6.72. The Kier molecular flexibility index (Phi) is 3.01. The van der Waals surface area contributed by atoms with E-state index in [-0.39, 0.29) is 29.3 Å². The summed E-state index contributed by atoms with van der Waals surface area (Å²) in [5.41, 5.74) is 0.243. The first-order chi connectivity index (χ1) is 7.82. The van der Waals surface area contributed by atoms with Gasteiger partial charge in [0.05, 0.1) is 0 Å². The van der Waals surface area contributed by atoms with Gasteiger partial charge in [-0.1, -0.05) is 27.7 Å². The number of likely N-dealkylation sites (tertiary alicyclic amines) is 1. The summed E-state index contributed by atoms with van der Waals surface area (Å²) < 4.78 is 0. The number of aliphatic hydroxyl groups excluding tert-OH is 1. The van der Waals surface area contributed by atoms with E-state index >= 15 is 0 Å². The summed E-state index contributed by atoms with van der Waals surface area (Å²) in [6.45, 7) is 10.6. The van der Waals surface area contributed by atoms with Crippen LogP contribution in [0.4, 0.5) is 0 Å². The molecule has 1 aliphatic heterocycles. The molecular formula is C14H25NO2. The quantitative estimate of drug-likeness (QED) is 0.799. The number of nitrogens with zero attached hydrogens (tertiary/aromatic N) is 1. The van der Waals surface area contributed by atoms with Gasteiger partial charge < -0.3 is 10.0 Å². The smallest absolute Gasteiger partial charge is 0.226 e. The highest BCUT2D eigenvalue weighted by atomic mass is 16.3. The molecule has 98 valence electrons. The Hall–Kier alpha value is -0.570. The summed E-state index contributed by atoms with van der Waals surface area (Å²) in [6.07, 6.45) is 2.09. The minimum absolute atomic E-state index is 0.121. The molecule has 3 nitrogen and oxygen atoms in total. The van der Waals surface area contributed by atoms with Crippen molar-refractivity contribution in [1.29, 1.82) is 0 Å². The molecule has 2 aliphatic rings. The van der Waals surface area contributed by atoms with E-state index in [1.165, 1.54) is 0 Å². The topological polar surface area (TPSA) is 40.5 Å². The van der Waals surface area contributed by atoms with Crippen LogP contribution in [0.1, 0.15) is 40.5 Å². The number of carbonyl (C=O) groups is 1. The van der Waals surface area contributed by atoms with Crippen molar-refractivity contribution in [3.63, 3.8) is 0 Å². The SMILES string of the molecule is CC1(C)C(C(=O)N2CCCC(CO)C2)C1(C)C. The third-order valence-electron chi connectivity index (χ3n) is 5.36. The van der Waals surface area contributed by atoms with E-state index in [9.17, 15) is 9.90 Å². The van der Waals surface area contributed by atoms with Crippen LogP contribution < -0.4 is 0 Å². The van der Waals surface area contributed by atoms with Crippen molar-refractivity contribution >= 4 is 5.91 Å². The van der Waals surface area contributed by atoms with Crippen LogP contribution in [0.3, 0.4) is 0 Å². The highest BCUT2D eigenvalue weighted by Crippen LogP contribution is 2.68. The first-order valence-electron chi connectivity index (χ1n) is 6.72. The van der Waals surface area contributed by atoms with E-state index in [1.54, 1.807) is 0 Å². The standard InChI is InChI=1S/C14H25NO2/c1-13(2)11(14(13,3)4)12(17)15-7-5-6-10(8-15)9-16/h10-11,16H,5-9H2,1-4H3. The van der Waals surface area contributed by atoms with Gasteiger partial charge in [-0.05, 0) is 29.6 Å². The third kappa shape index (κ3) is 1.88. The Morgan fingerprint density at radius 2 is 1.88 bits per heavy atom. The molecule has 2 rings (SSSR count). The van der Waals surface area contributed by atoms with Crippen LogP contribution in [0.2, 0.25) is 0 Å². The Morgan fingerprint density at radius 1 is 1.29 bits per heavy atom. The van der Waals surface area contributed by atoms with Gasteiger partial charge in [0.15, 0.2) is 0 Å². The molecule has 0 spiro atoms. The monoisotopic (exact) mass is 239 g/mol. The van der Waals surface area contributed by atoms with Gasteiger partial charge in [0.25, 0.3) is 0 Å². The first kappa shape index (κ1) is 12.9. The van der Waals surface area contributed by atoms with E-state index < -0.39 is 0 Å². The number of aliphatic hydroxyl groups is 1. The molecule has 1 saturated heterocycles. The lowest BCUT2D eigenvalue weighted by Crippen LogP contribution is -2.42. The number of hydrogen-bond acceptors (Lipinski definition) is 2. The fourth-order valence-corrected chi connectivity index (χ4v) is 3.41. The third-order valence-corrected chi connectivity index (χ3v) is 5.36. The van der Waals surface area contributed by atoms with Crippen LogP contribution in [0.25, 0.3) is 0 Å². The molecule has 1 saturated carbocycles. The molecule has 1 atom stereocenters. The zero-order valence-electron chi connectivity index (χ0n) is 11.5. The zero-order chi connectivity index (χ0) is 12.8. The number of amides is 1. The van der Waals surface area contributed by atoms with E-state index in [0.717, 1.165) is 25.9 Å². The number of rotatable bonds is 2. The maximum Gasteiger partial charge on any atom is 0.226 e. The van der Waals surface area contributed by atoms with Crippen molar-refractivity contribution in [2.45, 2.75) is 40.5 Å². The summed E-state index contributed by atoms with van der Waals surface area (Å²) in [5.74, 6) is 0.753. The van der Waals surface area contributed by atoms with E-state index in [1.807, 2.05) is 4.90 Å². The lowest BCUT2D eigenvalue weighted by molar-refractivity contribution is -0.136. The van der Waals surface area contributed by atoms with Crippen molar-refractivity contribution in [3.8, 4) is 0 Å². The Bertz CT molecular complexity index is 308. The van der Waals surface area contributed by atoms with Gasteiger partial charge in [0.1, 0.15) is 0 Å². The summed E-state index contributed by atoms with van der Waals surface area (Å²) in [4.78, 5) is 14.5. The minimum atomic E-state index is 0.121. The molecular weight excluding hydrogens is 214 g/mol. The molecule has 1 amide bonds. The highest BCUT2D eigenvalue weighted by Gasteiger charge is 2.68. The molecule has 3 heteroatoms. The predicted octanol–water partition coefficient (Wildman–Crippen LogP) is 1.90. The van der Waals surface area contributed by atoms with Crippen molar-refractivity contribution in [1.82, 2.24) is 4.90 Å². The highest BCUT2D eigenvalue weighted by molar-refractivity contribution is 5.84. The number of piperidine rings is 1. The molecule has 0 bridgehead atoms. The molecule has 0 radical (unpaired) electrons. The lowest BCUT2D eigenvalue weighted by atomic mass is 9.98. The second kappa shape index (κ2) is 3.98. The summed E-state index contributed by atoms with van der Waals surface area (Å²) >= 11 is 0. The van der Waals surface area contributed by atoms with Crippen molar-refractivity contribution < 1.29 is 9.90 Å². The van der Waals surface area contributed by atoms with Gasteiger partial charge in [-0.2, -0.15) is 0 Å². The van der Waals surface area contributed by atoms with Gasteiger partial charge in [0.2, 0.25) is 5.91 Å². The average molecular weight is 239 g/mol. The summed E-state index contributed by atoms with van der Waals surface area (Å²) in [5, 5.41) is 9.21. The second-order valence-electron chi connectivity index (χ2n) is 6.85. The minimum Gasteiger partial charge on any atom is -0.396 e. The average Bonchev–Trinajstić information content (AvgIpc) is 2.69. The van der Waals surface area contributed by atoms with Crippen LogP contribution >= 0.6 is 0 Å². The van der Waals surface area contributed by atoms with Gasteiger partial charge in [-0.15, -0.1) is 0 Å². The van der Waals surface area contributed by atoms with Crippen LogP contribution in [0, 0.1) is 22.7 Å². The summed E-state index contributed by atoms with van der Waals surface area (Å²) in [6, 6.07) is 0. The van der Waals surface area contributed by atoms with Gasteiger partial charge >= 0.3 is 0 Å². The molecule has 0 aromatic carbocycles. The fourth-order valence-electron chi connectivity index (χ4n) is 3.41. The van der Waals surface area contributed by atoms with Crippen LogP contribution in [0.15, 0.2) is 0 Å². The maximum absolute atomic E-state index is 12.5. The Balaban J connectivity index is 2.02. The predicted molar refractivity (Wildman–Crippen MR) is 67.4 cm³/mol. The Labute approximate surface area is 104 Å². The summed E-state index contributed by atoms with van der Waals surface area (Å²) in [7, 11) is 0. The molecule has 1 aliphatic carbocycles. The van der Waals surface area contributed by atoms with Crippen LogP contribution in [0.5, 0.6) is 0 Å². The van der Waals surface area contributed by atoms with Gasteiger partial charge in [0, 0.05) is 25.6 Å². The van der Waals surface area contributed by atoms with Crippen molar-refractivity contribution in [2.24, 2.45) is 22.7 Å². The molecule has 0 aromatic heterocycles. The molecule has 1 heterocycles. The van der Waals surface area contributed by atoms with Crippen molar-refractivity contribution in [3.05, 3.63) is 0 Å². The molecule has 0 aromatic rings. The zero-order valence-corrected chi connectivity index (χ0v) is 11.5. The largest absolute Gasteiger partial charge is 0.396 e. The molecule has 1 N–H and O–H groups in total. The van der Waals surface area contributed by atoms with E-state index in [2.05, 4.69) is 27.7 Å². The van der Waals surface area contributed by atoms with Crippen molar-refractivity contribution in [2.75, 3.05) is 19.7 Å². The molecule has 17 heavy (non-hydrogen) atoms.